The molecular formula is C31H38BrNO5S. The molecule has 2 amide bonds. The summed E-state index contributed by atoms with van der Waals surface area (Å²) in [7, 11) is 0. The number of allylic oxidation sites excluding steroid dienone is 2. The van der Waals surface area contributed by atoms with Gasteiger partial charge in [0.05, 0.1) is 31.1 Å². The van der Waals surface area contributed by atoms with Gasteiger partial charge >= 0.3 is 0 Å². The maximum absolute atomic E-state index is 13.6. The molecule has 2 heterocycles. The Kier molecular flexibility index (Phi) is 9.86. The Morgan fingerprint density at radius 2 is 1.97 bits per heavy atom. The van der Waals surface area contributed by atoms with E-state index in [9.17, 15) is 24.9 Å². The second kappa shape index (κ2) is 12.9. The molecule has 8 heteroatoms. The molecule has 6 nitrogen and oxygen atoms in total. The van der Waals surface area contributed by atoms with Crippen LogP contribution in [0.25, 0.3) is 6.08 Å². The van der Waals surface area contributed by atoms with Crippen LogP contribution in [0.3, 0.4) is 0 Å². The zero-order valence-electron chi connectivity index (χ0n) is 22.8. The van der Waals surface area contributed by atoms with Crippen LogP contribution in [0.2, 0.25) is 0 Å². The molecule has 2 aromatic rings. The fourth-order valence-corrected chi connectivity index (χ4v) is 7.22. The first kappa shape index (κ1) is 29.7. The molecule has 2 aliphatic rings. The Bertz CT molecular complexity index is 1250. The minimum absolute atomic E-state index is 0.0724. The van der Waals surface area contributed by atoms with E-state index in [-0.39, 0.29) is 36.6 Å². The van der Waals surface area contributed by atoms with Crippen LogP contribution in [0.4, 0.5) is 0 Å². The molecule has 0 spiro atoms. The molecule has 1 saturated heterocycles. The number of aromatic hydroxyl groups is 1. The van der Waals surface area contributed by atoms with Crippen molar-refractivity contribution in [3.63, 3.8) is 0 Å². The number of carbonyl (C=O) groups excluding carboxylic acids is 2. The Labute approximate surface area is 243 Å². The third-order valence-electron chi connectivity index (χ3n) is 8.02. The van der Waals surface area contributed by atoms with Crippen molar-refractivity contribution >= 4 is 45.2 Å². The molecule has 0 bridgehead atoms. The molecule has 1 aliphatic heterocycles. The van der Waals surface area contributed by atoms with Crippen molar-refractivity contribution in [2.75, 3.05) is 6.61 Å². The monoisotopic (exact) mass is 615 g/mol. The standard InChI is InChI=1S/C31H38BrNO5S/c1-4-6-19(13-20-14-21(32)9-11-26(20)35)8-10-27(36)28-23(18(2)3)15-24-29(25(28)17-34)31(38)33(30(24)37)16-22-7-5-12-39-22/h5,7,9,11-14,18,24-25,27,29,34-36H,4,6,8,10,15-17H2,1-3H3/b19-13+/t24-,25+,27-,29-/m1/s1. The highest BCUT2D eigenvalue weighted by Crippen LogP contribution is 2.48. The fourth-order valence-electron chi connectivity index (χ4n) is 6.15. The number of nitrogens with zero attached hydrogens (tertiary/aromatic N) is 1. The van der Waals surface area contributed by atoms with Crippen LogP contribution in [0.15, 0.2) is 56.9 Å². The molecule has 1 fully saturated rings. The number of carbonyl (C=O) groups is 2. The molecule has 4 atom stereocenters. The number of hydrogen-bond acceptors (Lipinski definition) is 6. The van der Waals surface area contributed by atoms with Gasteiger partial charge < -0.3 is 15.3 Å². The van der Waals surface area contributed by atoms with Crippen LogP contribution < -0.4 is 0 Å². The molecule has 210 valence electrons. The van der Waals surface area contributed by atoms with Gasteiger partial charge in [-0.3, -0.25) is 14.5 Å². The Balaban J connectivity index is 1.59. The number of phenols is 1. The SMILES string of the molecule is CCC/C(=C\c1cc(Br)ccc1O)CC[C@@H](O)C1=C(C(C)C)C[C@H]2C(=O)N(Cc3cccs3)C(=O)[C@H]2[C@H]1CO. The van der Waals surface area contributed by atoms with Gasteiger partial charge in [0.1, 0.15) is 5.75 Å². The lowest BCUT2D eigenvalue weighted by Crippen LogP contribution is -2.39. The van der Waals surface area contributed by atoms with E-state index in [0.717, 1.165) is 44.5 Å². The second-order valence-corrected chi connectivity index (χ2v) is 12.9. The zero-order valence-corrected chi connectivity index (χ0v) is 25.2. The quantitative estimate of drug-likeness (QED) is 0.203. The third-order valence-corrected chi connectivity index (χ3v) is 9.37. The van der Waals surface area contributed by atoms with Gasteiger partial charge in [-0.1, -0.05) is 66.4 Å². The number of aliphatic hydroxyl groups is 2. The molecule has 39 heavy (non-hydrogen) atoms. The number of phenolic OH excluding ortho intramolecular Hbond substituents is 1. The average Bonchev–Trinajstić information content (AvgIpc) is 3.51. The van der Waals surface area contributed by atoms with Gasteiger partial charge in [-0.2, -0.15) is 0 Å². The number of halogens is 1. The van der Waals surface area contributed by atoms with E-state index in [4.69, 9.17) is 0 Å². The Morgan fingerprint density at radius 3 is 2.62 bits per heavy atom. The normalized spacial score (nSPS) is 22.7. The van der Waals surface area contributed by atoms with E-state index in [1.165, 1.54) is 16.2 Å². The first-order valence-electron chi connectivity index (χ1n) is 13.7. The van der Waals surface area contributed by atoms with Gasteiger partial charge in [-0.25, -0.2) is 0 Å². The summed E-state index contributed by atoms with van der Waals surface area (Å²) in [5.41, 5.74) is 3.54. The third kappa shape index (κ3) is 6.40. The zero-order chi connectivity index (χ0) is 28.3. The highest BCUT2D eigenvalue weighted by atomic mass is 79.9. The summed E-state index contributed by atoms with van der Waals surface area (Å²) in [5.74, 6) is -1.90. The van der Waals surface area contributed by atoms with Gasteiger partial charge in [0.25, 0.3) is 0 Å². The Hall–Kier alpha value is -2.26. The number of amides is 2. The first-order chi connectivity index (χ1) is 18.7. The maximum atomic E-state index is 13.6. The van der Waals surface area contributed by atoms with Crippen LogP contribution in [0.1, 0.15) is 63.3 Å². The predicted molar refractivity (Wildman–Crippen MR) is 158 cm³/mol. The molecule has 3 N–H and O–H groups in total. The fraction of sp³-hybridized carbons (Fsp3) is 0.484. The minimum atomic E-state index is -0.842. The van der Waals surface area contributed by atoms with E-state index in [2.05, 4.69) is 22.9 Å². The Morgan fingerprint density at radius 1 is 1.21 bits per heavy atom. The summed E-state index contributed by atoms with van der Waals surface area (Å²) >= 11 is 4.97. The van der Waals surface area contributed by atoms with Crippen molar-refractivity contribution in [1.82, 2.24) is 4.90 Å². The molecular weight excluding hydrogens is 578 g/mol. The predicted octanol–water partition coefficient (Wildman–Crippen LogP) is 6.31. The summed E-state index contributed by atoms with van der Waals surface area (Å²) in [5, 5.41) is 34.4. The van der Waals surface area contributed by atoms with Crippen molar-refractivity contribution in [3.8, 4) is 5.75 Å². The number of thiophene rings is 1. The van der Waals surface area contributed by atoms with Crippen molar-refractivity contribution in [2.24, 2.45) is 23.7 Å². The van der Waals surface area contributed by atoms with E-state index in [1.54, 1.807) is 12.1 Å². The lowest BCUT2D eigenvalue weighted by Gasteiger charge is -2.38. The van der Waals surface area contributed by atoms with Gasteiger partial charge in [-0.05, 0) is 66.8 Å². The smallest absolute Gasteiger partial charge is 0.234 e. The highest BCUT2D eigenvalue weighted by Gasteiger charge is 2.55. The van der Waals surface area contributed by atoms with Crippen molar-refractivity contribution in [2.45, 2.75) is 65.5 Å². The number of imide groups is 1. The van der Waals surface area contributed by atoms with Crippen molar-refractivity contribution in [1.29, 1.82) is 0 Å². The minimum Gasteiger partial charge on any atom is -0.507 e. The van der Waals surface area contributed by atoms with Gasteiger partial charge in [0, 0.05) is 20.8 Å². The van der Waals surface area contributed by atoms with Crippen LogP contribution in [0.5, 0.6) is 5.75 Å². The van der Waals surface area contributed by atoms with Crippen LogP contribution >= 0.6 is 27.3 Å². The maximum Gasteiger partial charge on any atom is 0.234 e. The summed E-state index contributed by atoms with van der Waals surface area (Å²) in [6, 6.07) is 9.13. The lowest BCUT2D eigenvalue weighted by molar-refractivity contribution is -0.140. The number of hydrogen-bond donors (Lipinski definition) is 3. The average molecular weight is 617 g/mol. The van der Waals surface area contributed by atoms with E-state index in [0.29, 0.717) is 19.3 Å². The molecule has 4 rings (SSSR count). The van der Waals surface area contributed by atoms with Crippen molar-refractivity contribution < 1.29 is 24.9 Å². The van der Waals surface area contributed by atoms with Crippen LogP contribution in [-0.2, 0) is 16.1 Å². The number of rotatable bonds is 11. The van der Waals surface area contributed by atoms with Crippen LogP contribution in [-0.4, -0.2) is 44.7 Å². The largest absolute Gasteiger partial charge is 0.507 e. The lowest BCUT2D eigenvalue weighted by atomic mass is 9.66. The highest BCUT2D eigenvalue weighted by molar-refractivity contribution is 9.10. The number of aliphatic hydroxyl groups excluding tert-OH is 2. The molecule has 1 aromatic carbocycles. The summed E-state index contributed by atoms with van der Waals surface area (Å²) in [4.78, 5) is 29.3. The van der Waals surface area contributed by atoms with Gasteiger partial charge in [0.15, 0.2) is 0 Å². The summed E-state index contributed by atoms with van der Waals surface area (Å²) in [6.45, 7) is 6.14. The van der Waals surface area contributed by atoms with Crippen molar-refractivity contribution in [3.05, 3.63) is 67.3 Å². The molecule has 0 saturated carbocycles. The van der Waals surface area contributed by atoms with Gasteiger partial charge in [0.2, 0.25) is 11.8 Å². The number of likely N-dealkylation sites (tertiary alicyclic amines) is 1. The number of fused-ring (bicyclic) bond motifs is 1. The van der Waals surface area contributed by atoms with Crippen LogP contribution in [0, 0.1) is 23.7 Å². The second-order valence-electron chi connectivity index (χ2n) is 10.9. The van der Waals surface area contributed by atoms with Gasteiger partial charge in [-0.15, -0.1) is 11.3 Å². The molecule has 1 aliphatic carbocycles. The topological polar surface area (TPSA) is 98.1 Å². The molecule has 0 unspecified atom stereocenters. The molecule has 1 aromatic heterocycles. The number of benzene rings is 1. The van der Waals surface area contributed by atoms with E-state index >= 15 is 0 Å². The first-order valence-corrected chi connectivity index (χ1v) is 15.4. The van der Waals surface area contributed by atoms with E-state index < -0.39 is 23.9 Å². The van der Waals surface area contributed by atoms with E-state index in [1.807, 2.05) is 43.5 Å². The summed E-state index contributed by atoms with van der Waals surface area (Å²) in [6.07, 6.45) is 4.37. The summed E-state index contributed by atoms with van der Waals surface area (Å²) < 4.78 is 0.876. The molecule has 0 radical (unpaired) electrons.